The maximum atomic E-state index is 12.1. The molecular formula is C14H23NO2S. The van der Waals surface area contributed by atoms with Crippen molar-refractivity contribution in [2.45, 2.75) is 46.6 Å². The summed E-state index contributed by atoms with van der Waals surface area (Å²) in [5.74, 6) is 0.0448. The molecule has 0 aromatic carbocycles. The lowest BCUT2D eigenvalue weighted by molar-refractivity contribution is 0.0920. The lowest BCUT2D eigenvalue weighted by atomic mass is 10.1. The highest BCUT2D eigenvalue weighted by Gasteiger charge is 2.17. The minimum absolute atomic E-state index is 0.0143. The first-order valence-electron chi connectivity index (χ1n) is 6.50. The van der Waals surface area contributed by atoms with E-state index in [1.807, 2.05) is 19.9 Å². The summed E-state index contributed by atoms with van der Waals surface area (Å²) in [7, 11) is 0. The van der Waals surface area contributed by atoms with Crippen LogP contribution in [0.15, 0.2) is 6.07 Å². The molecule has 0 radical (unpaired) electrons. The number of nitrogens with one attached hydrogen (secondary N) is 1. The van der Waals surface area contributed by atoms with E-state index in [2.05, 4.69) is 19.2 Å². The Labute approximate surface area is 113 Å². The number of thiophene rings is 1. The van der Waals surface area contributed by atoms with Crippen molar-refractivity contribution in [2.24, 2.45) is 5.92 Å². The van der Waals surface area contributed by atoms with Crippen LogP contribution in [-0.4, -0.2) is 23.7 Å². The molecule has 2 unspecified atom stereocenters. The van der Waals surface area contributed by atoms with Crippen molar-refractivity contribution in [1.29, 1.82) is 0 Å². The van der Waals surface area contributed by atoms with Gasteiger partial charge in [-0.1, -0.05) is 20.3 Å². The number of hydrogen-bond donors (Lipinski definition) is 2. The minimum atomic E-state index is -0.0294. The zero-order valence-corrected chi connectivity index (χ0v) is 12.4. The predicted octanol–water partition coefficient (Wildman–Crippen LogP) is 2.76. The summed E-state index contributed by atoms with van der Waals surface area (Å²) in [5.41, 5.74) is 1.27. The van der Waals surface area contributed by atoms with Crippen LogP contribution in [0.25, 0.3) is 0 Å². The van der Waals surface area contributed by atoms with Crippen molar-refractivity contribution in [2.75, 3.05) is 6.61 Å². The summed E-state index contributed by atoms with van der Waals surface area (Å²) in [6, 6.07) is 1.98. The van der Waals surface area contributed by atoms with E-state index in [9.17, 15) is 4.79 Å². The van der Waals surface area contributed by atoms with E-state index in [-0.39, 0.29) is 24.5 Å². The highest BCUT2D eigenvalue weighted by atomic mass is 32.1. The van der Waals surface area contributed by atoms with Crippen molar-refractivity contribution in [3.8, 4) is 0 Å². The summed E-state index contributed by atoms with van der Waals surface area (Å²) in [6.45, 7) is 8.14. The molecule has 18 heavy (non-hydrogen) atoms. The summed E-state index contributed by atoms with van der Waals surface area (Å²) in [4.78, 5) is 14.1. The second-order valence-corrected chi connectivity index (χ2v) is 6.12. The van der Waals surface area contributed by atoms with E-state index in [0.717, 1.165) is 17.7 Å². The van der Waals surface area contributed by atoms with Crippen LogP contribution in [0.3, 0.4) is 0 Å². The molecule has 2 N–H and O–H groups in total. The molecule has 0 aliphatic heterocycles. The largest absolute Gasteiger partial charge is 0.396 e. The fraction of sp³-hybridized carbons (Fsp3) is 0.643. The molecule has 1 aromatic heterocycles. The smallest absolute Gasteiger partial charge is 0.261 e. The molecule has 0 fully saturated rings. The Morgan fingerprint density at radius 1 is 1.50 bits per heavy atom. The number of carbonyl (C=O) groups is 1. The Balaban J connectivity index is 2.69. The standard InChI is InChI=1S/C14H23NO2S/c1-5-6-12-7-13(18-11(12)4)14(17)15-10(3)9(2)8-16/h7,9-10,16H,5-6,8H2,1-4H3,(H,15,17). The van der Waals surface area contributed by atoms with Gasteiger partial charge in [0.05, 0.1) is 4.88 Å². The number of aliphatic hydroxyl groups excluding tert-OH is 1. The summed E-state index contributed by atoms with van der Waals surface area (Å²) in [5, 5.41) is 12.0. The van der Waals surface area contributed by atoms with Gasteiger partial charge in [0.1, 0.15) is 0 Å². The first-order chi connectivity index (χ1) is 8.49. The fourth-order valence-corrected chi connectivity index (χ4v) is 2.70. The van der Waals surface area contributed by atoms with Gasteiger partial charge in [0.15, 0.2) is 0 Å². The quantitative estimate of drug-likeness (QED) is 0.834. The SMILES string of the molecule is CCCc1cc(C(=O)NC(C)C(C)CO)sc1C. The molecule has 0 aliphatic carbocycles. The molecule has 2 atom stereocenters. The third kappa shape index (κ3) is 3.82. The van der Waals surface area contributed by atoms with Crippen molar-refractivity contribution >= 4 is 17.2 Å². The van der Waals surface area contributed by atoms with E-state index < -0.39 is 0 Å². The Morgan fingerprint density at radius 3 is 2.72 bits per heavy atom. The van der Waals surface area contributed by atoms with Gasteiger partial charge < -0.3 is 10.4 Å². The van der Waals surface area contributed by atoms with Gasteiger partial charge in [-0.05, 0) is 37.8 Å². The lowest BCUT2D eigenvalue weighted by Gasteiger charge is -2.18. The van der Waals surface area contributed by atoms with Gasteiger partial charge >= 0.3 is 0 Å². The molecule has 1 aromatic rings. The van der Waals surface area contributed by atoms with Crippen LogP contribution in [0.2, 0.25) is 0 Å². The van der Waals surface area contributed by atoms with Crippen LogP contribution in [-0.2, 0) is 6.42 Å². The maximum absolute atomic E-state index is 12.1. The molecule has 0 spiro atoms. The van der Waals surface area contributed by atoms with Gasteiger partial charge in [0, 0.05) is 17.5 Å². The first kappa shape index (κ1) is 15.2. The molecule has 0 saturated heterocycles. The molecule has 1 heterocycles. The molecule has 0 bridgehead atoms. The number of aryl methyl sites for hydroxylation is 2. The van der Waals surface area contributed by atoms with Gasteiger partial charge in [0.25, 0.3) is 5.91 Å². The first-order valence-corrected chi connectivity index (χ1v) is 7.32. The van der Waals surface area contributed by atoms with E-state index in [4.69, 9.17) is 5.11 Å². The van der Waals surface area contributed by atoms with Crippen LogP contribution < -0.4 is 5.32 Å². The Hall–Kier alpha value is -0.870. The Morgan fingerprint density at radius 2 is 2.17 bits per heavy atom. The Kier molecular flexibility index (Phi) is 5.82. The van der Waals surface area contributed by atoms with E-state index >= 15 is 0 Å². The molecule has 0 aliphatic rings. The zero-order chi connectivity index (χ0) is 13.7. The van der Waals surface area contributed by atoms with E-state index in [1.54, 1.807) is 11.3 Å². The molecule has 1 rings (SSSR count). The van der Waals surface area contributed by atoms with Gasteiger partial charge in [-0.15, -0.1) is 11.3 Å². The van der Waals surface area contributed by atoms with E-state index in [0.29, 0.717) is 0 Å². The highest BCUT2D eigenvalue weighted by Crippen LogP contribution is 2.23. The third-order valence-electron chi connectivity index (χ3n) is 3.26. The number of carbonyl (C=O) groups excluding carboxylic acids is 1. The van der Waals surface area contributed by atoms with Crippen LogP contribution in [0.4, 0.5) is 0 Å². The monoisotopic (exact) mass is 269 g/mol. The van der Waals surface area contributed by atoms with Crippen molar-refractivity contribution in [3.63, 3.8) is 0 Å². The van der Waals surface area contributed by atoms with Gasteiger partial charge in [-0.25, -0.2) is 0 Å². The fourth-order valence-electron chi connectivity index (χ4n) is 1.73. The number of amides is 1. The molecule has 0 saturated carbocycles. The molecule has 1 amide bonds. The average molecular weight is 269 g/mol. The predicted molar refractivity (Wildman–Crippen MR) is 76.2 cm³/mol. The number of hydrogen-bond acceptors (Lipinski definition) is 3. The lowest BCUT2D eigenvalue weighted by Crippen LogP contribution is -2.38. The van der Waals surface area contributed by atoms with Gasteiger partial charge in [-0.2, -0.15) is 0 Å². The molecule has 3 nitrogen and oxygen atoms in total. The average Bonchev–Trinajstić information content (AvgIpc) is 2.70. The van der Waals surface area contributed by atoms with Crippen LogP contribution in [0.1, 0.15) is 47.3 Å². The minimum Gasteiger partial charge on any atom is -0.396 e. The maximum Gasteiger partial charge on any atom is 0.261 e. The summed E-state index contributed by atoms with van der Waals surface area (Å²) < 4.78 is 0. The molecule has 102 valence electrons. The van der Waals surface area contributed by atoms with Crippen molar-refractivity contribution < 1.29 is 9.90 Å². The van der Waals surface area contributed by atoms with Crippen molar-refractivity contribution in [1.82, 2.24) is 5.32 Å². The summed E-state index contributed by atoms with van der Waals surface area (Å²) in [6.07, 6.45) is 2.12. The van der Waals surface area contributed by atoms with Crippen LogP contribution in [0.5, 0.6) is 0 Å². The second-order valence-electron chi connectivity index (χ2n) is 4.86. The second kappa shape index (κ2) is 6.90. The molecular weight excluding hydrogens is 246 g/mol. The van der Waals surface area contributed by atoms with Crippen LogP contribution in [0, 0.1) is 12.8 Å². The van der Waals surface area contributed by atoms with Gasteiger partial charge in [-0.3, -0.25) is 4.79 Å². The normalized spacial score (nSPS) is 14.3. The van der Waals surface area contributed by atoms with Crippen molar-refractivity contribution in [3.05, 3.63) is 21.4 Å². The zero-order valence-electron chi connectivity index (χ0n) is 11.6. The number of aliphatic hydroxyl groups is 1. The van der Waals surface area contributed by atoms with Crippen LogP contribution >= 0.6 is 11.3 Å². The third-order valence-corrected chi connectivity index (χ3v) is 4.36. The number of rotatable bonds is 6. The van der Waals surface area contributed by atoms with E-state index in [1.165, 1.54) is 10.4 Å². The molecule has 4 heteroatoms. The summed E-state index contributed by atoms with van der Waals surface area (Å²) >= 11 is 1.55. The topological polar surface area (TPSA) is 49.3 Å². The highest BCUT2D eigenvalue weighted by molar-refractivity contribution is 7.14. The van der Waals surface area contributed by atoms with Gasteiger partial charge in [0.2, 0.25) is 0 Å². The Bertz CT molecular complexity index is 400.